The Bertz CT molecular complexity index is 1260. The van der Waals surface area contributed by atoms with Crippen molar-refractivity contribution in [3.8, 4) is 0 Å². The molecule has 0 heterocycles. The molecule has 3 aromatic carbocycles. The zero-order valence-electron chi connectivity index (χ0n) is 22.4. The average Bonchev–Trinajstić information content (AvgIpc) is 2.98. The van der Waals surface area contributed by atoms with Gasteiger partial charge in [-0.05, 0) is 35.7 Å². The van der Waals surface area contributed by atoms with Gasteiger partial charge in [-0.25, -0.2) is 14.0 Å². The van der Waals surface area contributed by atoms with Crippen molar-refractivity contribution in [2.45, 2.75) is 32.1 Å². The standard InChI is InChI=1S/C30H32Br2FN3O5/c31-15-17-36(18-16-32)27-13-11-24(19-25(27)33)34-30(39)35-26(29(38)41-21-23-9-5-2-6-10-23)12-14-28(37)40-20-22-7-3-1-4-8-22/h1-11,13,19,26H,12,14-18,20-21H2,(H2,34,35,39)/t26-/m0/s1. The summed E-state index contributed by atoms with van der Waals surface area (Å²) in [6.45, 7) is 1.32. The zero-order valence-corrected chi connectivity index (χ0v) is 25.5. The summed E-state index contributed by atoms with van der Waals surface area (Å²) < 4.78 is 25.6. The van der Waals surface area contributed by atoms with Crippen LogP contribution in [0.1, 0.15) is 24.0 Å². The number of hydrogen-bond acceptors (Lipinski definition) is 6. The summed E-state index contributed by atoms with van der Waals surface area (Å²) in [6.07, 6.45) is -0.172. The van der Waals surface area contributed by atoms with E-state index in [9.17, 15) is 18.8 Å². The molecule has 11 heteroatoms. The van der Waals surface area contributed by atoms with Gasteiger partial charge in [-0.15, -0.1) is 0 Å². The predicted molar refractivity (Wildman–Crippen MR) is 164 cm³/mol. The van der Waals surface area contributed by atoms with Crippen LogP contribution in [0.5, 0.6) is 0 Å². The summed E-state index contributed by atoms with van der Waals surface area (Å²) in [5.74, 6) is -1.72. The highest BCUT2D eigenvalue weighted by Gasteiger charge is 2.24. The van der Waals surface area contributed by atoms with E-state index < -0.39 is 29.8 Å². The van der Waals surface area contributed by atoms with Gasteiger partial charge >= 0.3 is 18.0 Å². The van der Waals surface area contributed by atoms with E-state index >= 15 is 0 Å². The van der Waals surface area contributed by atoms with Gasteiger partial charge in [-0.2, -0.15) is 0 Å². The number of alkyl halides is 2. The second kappa shape index (κ2) is 17.4. The van der Waals surface area contributed by atoms with Crippen LogP contribution in [0.2, 0.25) is 0 Å². The Kier molecular flexibility index (Phi) is 13.6. The first kappa shape index (κ1) is 32.1. The molecular formula is C30H32Br2FN3O5. The molecule has 3 rings (SSSR count). The Morgan fingerprint density at radius 1 is 0.829 bits per heavy atom. The van der Waals surface area contributed by atoms with Crippen LogP contribution >= 0.6 is 31.9 Å². The molecular weight excluding hydrogens is 661 g/mol. The fourth-order valence-corrected chi connectivity index (χ4v) is 4.73. The molecule has 0 aliphatic rings. The van der Waals surface area contributed by atoms with Crippen molar-refractivity contribution < 1.29 is 28.2 Å². The van der Waals surface area contributed by atoms with Crippen LogP contribution < -0.4 is 15.5 Å². The van der Waals surface area contributed by atoms with Gasteiger partial charge in [-0.3, -0.25) is 4.79 Å². The number of carbonyl (C=O) groups excluding carboxylic acids is 3. The van der Waals surface area contributed by atoms with E-state index in [4.69, 9.17) is 9.47 Å². The highest BCUT2D eigenvalue weighted by Crippen LogP contribution is 2.23. The number of nitrogens with zero attached hydrogens (tertiary/aromatic N) is 1. The fourth-order valence-electron chi connectivity index (χ4n) is 3.87. The maximum atomic E-state index is 14.9. The summed E-state index contributed by atoms with van der Waals surface area (Å²) in [5.41, 5.74) is 2.22. The molecule has 0 aromatic heterocycles. The lowest BCUT2D eigenvalue weighted by molar-refractivity contribution is -0.148. The molecule has 1 atom stereocenters. The monoisotopic (exact) mass is 691 g/mol. The summed E-state index contributed by atoms with van der Waals surface area (Å²) >= 11 is 6.75. The molecule has 3 aromatic rings. The van der Waals surface area contributed by atoms with Crippen molar-refractivity contribution >= 4 is 61.2 Å². The first-order valence-electron chi connectivity index (χ1n) is 13.0. The van der Waals surface area contributed by atoms with Crippen molar-refractivity contribution in [2.24, 2.45) is 0 Å². The molecule has 41 heavy (non-hydrogen) atoms. The van der Waals surface area contributed by atoms with Gasteiger partial charge in [0.15, 0.2) is 0 Å². The molecule has 0 aliphatic heterocycles. The number of urea groups is 1. The van der Waals surface area contributed by atoms with Crippen LogP contribution in [0.3, 0.4) is 0 Å². The van der Waals surface area contributed by atoms with Crippen LogP contribution in [-0.4, -0.2) is 47.8 Å². The van der Waals surface area contributed by atoms with Gasteiger partial charge in [0.05, 0.1) is 5.69 Å². The minimum absolute atomic E-state index is 0.00387. The maximum Gasteiger partial charge on any atom is 0.329 e. The van der Waals surface area contributed by atoms with Crippen LogP contribution in [0.15, 0.2) is 78.9 Å². The summed E-state index contributed by atoms with van der Waals surface area (Å²) in [7, 11) is 0. The second-order valence-electron chi connectivity index (χ2n) is 8.96. The van der Waals surface area contributed by atoms with Crippen molar-refractivity contribution in [1.82, 2.24) is 5.32 Å². The minimum atomic E-state index is -1.14. The highest BCUT2D eigenvalue weighted by atomic mass is 79.9. The largest absolute Gasteiger partial charge is 0.461 e. The first-order chi connectivity index (χ1) is 19.9. The number of nitrogens with one attached hydrogen (secondary N) is 2. The van der Waals surface area contributed by atoms with Crippen molar-refractivity contribution in [2.75, 3.05) is 34.0 Å². The van der Waals surface area contributed by atoms with E-state index in [1.807, 2.05) is 53.4 Å². The SMILES string of the molecule is O=C(Nc1ccc(N(CCBr)CCBr)c(F)c1)N[C@@H](CCC(=O)OCc1ccccc1)C(=O)OCc1ccccc1. The molecule has 0 spiro atoms. The number of benzene rings is 3. The van der Waals surface area contributed by atoms with E-state index in [2.05, 4.69) is 42.5 Å². The minimum Gasteiger partial charge on any atom is -0.461 e. The Labute approximate surface area is 255 Å². The van der Waals surface area contributed by atoms with Gasteiger partial charge in [0.25, 0.3) is 0 Å². The van der Waals surface area contributed by atoms with Crippen molar-refractivity contribution in [1.29, 1.82) is 0 Å². The van der Waals surface area contributed by atoms with Crippen LogP contribution in [-0.2, 0) is 32.3 Å². The van der Waals surface area contributed by atoms with Gasteiger partial charge in [0.2, 0.25) is 0 Å². The number of ether oxygens (including phenoxy) is 2. The van der Waals surface area contributed by atoms with Crippen LogP contribution in [0.25, 0.3) is 0 Å². The number of halogens is 3. The summed E-state index contributed by atoms with van der Waals surface area (Å²) in [6, 6.07) is 20.8. The summed E-state index contributed by atoms with van der Waals surface area (Å²) in [5, 5.41) is 6.45. The van der Waals surface area contributed by atoms with Gasteiger partial charge < -0.3 is 25.0 Å². The van der Waals surface area contributed by atoms with Crippen molar-refractivity contribution in [3.05, 3.63) is 95.8 Å². The molecule has 0 unspecified atom stereocenters. The smallest absolute Gasteiger partial charge is 0.329 e. The lowest BCUT2D eigenvalue weighted by Gasteiger charge is -2.24. The third-order valence-electron chi connectivity index (χ3n) is 5.95. The number of rotatable bonds is 15. The van der Waals surface area contributed by atoms with Gasteiger partial charge in [0, 0.05) is 35.9 Å². The molecule has 2 amide bonds. The normalized spacial score (nSPS) is 11.3. The van der Waals surface area contributed by atoms with Gasteiger partial charge in [0.1, 0.15) is 25.1 Å². The number of anilines is 2. The maximum absolute atomic E-state index is 14.9. The van der Waals surface area contributed by atoms with Crippen molar-refractivity contribution in [3.63, 3.8) is 0 Å². The topological polar surface area (TPSA) is 97.0 Å². The van der Waals surface area contributed by atoms with E-state index in [1.54, 1.807) is 24.3 Å². The lowest BCUT2D eigenvalue weighted by atomic mass is 10.1. The Morgan fingerprint density at radius 2 is 1.41 bits per heavy atom. The molecule has 2 N–H and O–H groups in total. The predicted octanol–water partition coefficient (Wildman–Crippen LogP) is 6.18. The molecule has 0 fully saturated rings. The van der Waals surface area contributed by atoms with E-state index in [1.165, 1.54) is 6.07 Å². The fraction of sp³-hybridized carbons (Fsp3) is 0.300. The highest BCUT2D eigenvalue weighted by molar-refractivity contribution is 9.09. The molecule has 0 saturated heterocycles. The van der Waals surface area contributed by atoms with E-state index in [-0.39, 0.29) is 31.7 Å². The zero-order chi connectivity index (χ0) is 29.5. The number of esters is 2. The Morgan fingerprint density at radius 3 is 1.98 bits per heavy atom. The van der Waals surface area contributed by atoms with E-state index in [0.717, 1.165) is 11.1 Å². The summed E-state index contributed by atoms with van der Waals surface area (Å²) in [4.78, 5) is 39.9. The third kappa shape index (κ3) is 11.2. The average molecular weight is 693 g/mol. The molecule has 8 nitrogen and oxygen atoms in total. The number of amides is 2. The van der Waals surface area contributed by atoms with E-state index in [0.29, 0.717) is 29.4 Å². The number of hydrogen-bond donors (Lipinski definition) is 2. The number of carbonyl (C=O) groups is 3. The van der Waals surface area contributed by atoms with Gasteiger partial charge in [-0.1, -0.05) is 92.5 Å². The molecule has 0 aliphatic carbocycles. The first-order valence-corrected chi connectivity index (χ1v) is 15.3. The second-order valence-corrected chi connectivity index (χ2v) is 10.5. The molecule has 0 saturated carbocycles. The van der Waals surface area contributed by atoms with Crippen LogP contribution in [0, 0.1) is 5.82 Å². The third-order valence-corrected chi connectivity index (χ3v) is 6.66. The molecule has 0 radical (unpaired) electrons. The molecule has 218 valence electrons. The Balaban J connectivity index is 1.62. The Hall–Kier alpha value is -3.44. The quantitative estimate of drug-likeness (QED) is 0.146. The lowest BCUT2D eigenvalue weighted by Crippen LogP contribution is -2.44. The molecule has 0 bridgehead atoms. The van der Waals surface area contributed by atoms with Crippen LogP contribution in [0.4, 0.5) is 20.6 Å².